The van der Waals surface area contributed by atoms with Crippen molar-refractivity contribution in [1.82, 2.24) is 4.90 Å². The average molecular weight is 345 g/mol. The summed E-state index contributed by atoms with van der Waals surface area (Å²) in [5.41, 5.74) is 1.41. The van der Waals surface area contributed by atoms with Gasteiger partial charge in [-0.15, -0.1) is 11.6 Å². The van der Waals surface area contributed by atoms with Crippen molar-refractivity contribution < 1.29 is 9.59 Å². The van der Waals surface area contributed by atoms with Crippen molar-refractivity contribution in [3.05, 3.63) is 29.8 Å². The molecule has 4 aliphatic heterocycles. The van der Waals surface area contributed by atoms with Crippen LogP contribution in [-0.2, 0) is 9.59 Å². The second-order valence-electron chi connectivity index (χ2n) is 7.62. The zero-order valence-corrected chi connectivity index (χ0v) is 14.6. The summed E-state index contributed by atoms with van der Waals surface area (Å²) in [4.78, 5) is 30.0. The first-order valence-corrected chi connectivity index (χ1v) is 9.40. The highest BCUT2D eigenvalue weighted by molar-refractivity contribution is 6.33. The molecule has 5 rings (SSSR count). The summed E-state index contributed by atoms with van der Waals surface area (Å²) < 4.78 is 0. The molecule has 1 unspecified atom stereocenters. The van der Waals surface area contributed by atoms with Crippen LogP contribution in [0.2, 0.25) is 0 Å². The highest BCUT2D eigenvalue weighted by atomic mass is 35.5. The van der Waals surface area contributed by atoms with E-state index in [9.17, 15) is 9.59 Å². The van der Waals surface area contributed by atoms with Gasteiger partial charge in [0.2, 0.25) is 11.8 Å². The van der Waals surface area contributed by atoms with Crippen LogP contribution in [0.25, 0.3) is 0 Å². The maximum Gasteiger partial charge on any atom is 0.243 e. The largest absolute Gasteiger partial charge is 0.317 e. The summed E-state index contributed by atoms with van der Waals surface area (Å²) in [5.74, 6) is 0.0280. The maximum absolute atomic E-state index is 13.0. The van der Waals surface area contributed by atoms with Gasteiger partial charge in [0, 0.05) is 24.1 Å². The molecule has 0 saturated carbocycles. The number of benzene rings is 1. The van der Waals surface area contributed by atoms with Gasteiger partial charge in [-0.2, -0.15) is 0 Å². The lowest BCUT2D eigenvalue weighted by molar-refractivity contribution is -0.150. The van der Waals surface area contributed by atoms with Gasteiger partial charge in [0.05, 0.1) is 5.92 Å². The smallest absolute Gasteiger partial charge is 0.243 e. The number of fused-ring (bicyclic) bond motifs is 3. The number of para-hydroxylation sites is 1. The zero-order valence-electron chi connectivity index (χ0n) is 13.8. The molecule has 0 aromatic heterocycles. The van der Waals surface area contributed by atoms with Crippen molar-refractivity contribution in [1.29, 1.82) is 0 Å². The number of alkyl halides is 1. The van der Waals surface area contributed by atoms with Crippen LogP contribution in [-0.4, -0.2) is 34.3 Å². The number of hydrogen-bond acceptors (Lipinski definition) is 2. The molecule has 1 aromatic rings. The highest BCUT2D eigenvalue weighted by Gasteiger charge is 2.76. The van der Waals surface area contributed by atoms with Crippen molar-refractivity contribution in [2.75, 3.05) is 11.4 Å². The van der Waals surface area contributed by atoms with Gasteiger partial charge in [0.1, 0.15) is 11.0 Å². The third-order valence-electron chi connectivity index (χ3n) is 7.05. The molecule has 1 spiro atoms. The Balaban J connectivity index is 1.87. The Kier molecular flexibility index (Phi) is 2.79. The number of anilines is 1. The Bertz CT molecular complexity index is 765. The molecule has 0 radical (unpaired) electrons. The Morgan fingerprint density at radius 3 is 2.83 bits per heavy atom. The molecule has 4 aliphatic rings. The number of piperidine rings is 2. The number of hydrogen-bond donors (Lipinski definition) is 0. The van der Waals surface area contributed by atoms with Gasteiger partial charge in [0.25, 0.3) is 0 Å². The highest BCUT2D eigenvalue weighted by Crippen LogP contribution is 2.69. The molecular weight excluding hydrogens is 324 g/mol. The topological polar surface area (TPSA) is 40.6 Å². The van der Waals surface area contributed by atoms with E-state index < -0.39 is 11.0 Å². The Hall–Kier alpha value is -1.55. The molecule has 3 saturated heterocycles. The third kappa shape index (κ3) is 1.32. The van der Waals surface area contributed by atoms with Crippen molar-refractivity contribution in [3.63, 3.8) is 0 Å². The minimum atomic E-state index is -0.581. The average Bonchev–Trinajstić information content (AvgIpc) is 3.03. The van der Waals surface area contributed by atoms with Crippen molar-refractivity contribution in [2.24, 2.45) is 5.41 Å². The molecule has 0 aliphatic carbocycles. The SMILES string of the molecule is CC[C@@]12CCCN3C(=O)[C@H](Cl)[C@H]4c5ccccc5N(C(=O)CC1)C432. The number of rotatable bonds is 1. The molecule has 4 heterocycles. The van der Waals surface area contributed by atoms with Crippen LogP contribution in [0.5, 0.6) is 0 Å². The second-order valence-corrected chi connectivity index (χ2v) is 8.09. The molecule has 3 fully saturated rings. The molecule has 24 heavy (non-hydrogen) atoms. The van der Waals surface area contributed by atoms with Gasteiger partial charge in [-0.3, -0.25) is 14.5 Å². The van der Waals surface area contributed by atoms with E-state index in [1.54, 1.807) is 0 Å². The zero-order chi connectivity index (χ0) is 16.7. The lowest BCUT2D eigenvalue weighted by Crippen LogP contribution is -2.73. The number of carbonyl (C=O) groups excluding carboxylic acids is 2. The summed E-state index contributed by atoms with van der Waals surface area (Å²) in [5, 5.41) is -0.578. The van der Waals surface area contributed by atoms with E-state index in [0.29, 0.717) is 13.0 Å². The molecule has 4 nitrogen and oxygen atoms in total. The van der Waals surface area contributed by atoms with Gasteiger partial charge >= 0.3 is 0 Å². The quantitative estimate of drug-likeness (QED) is 0.734. The molecule has 5 heteroatoms. The van der Waals surface area contributed by atoms with Crippen molar-refractivity contribution >= 4 is 29.1 Å². The van der Waals surface area contributed by atoms with Gasteiger partial charge in [-0.1, -0.05) is 25.1 Å². The summed E-state index contributed by atoms with van der Waals surface area (Å²) in [6, 6.07) is 8.05. The first-order valence-electron chi connectivity index (χ1n) is 8.96. The number of nitrogens with zero attached hydrogens (tertiary/aromatic N) is 2. The van der Waals surface area contributed by atoms with Crippen LogP contribution < -0.4 is 4.90 Å². The van der Waals surface area contributed by atoms with E-state index in [4.69, 9.17) is 11.6 Å². The monoisotopic (exact) mass is 344 g/mol. The van der Waals surface area contributed by atoms with E-state index in [1.165, 1.54) is 0 Å². The third-order valence-corrected chi connectivity index (χ3v) is 7.49. The van der Waals surface area contributed by atoms with Gasteiger partial charge in [-0.25, -0.2) is 0 Å². The molecule has 0 N–H and O–H groups in total. The van der Waals surface area contributed by atoms with Crippen LogP contribution >= 0.6 is 11.6 Å². The lowest BCUT2D eigenvalue weighted by atomic mass is 9.59. The Labute approximate surface area is 146 Å². The Morgan fingerprint density at radius 2 is 2.04 bits per heavy atom. The molecular formula is C19H21ClN2O2. The lowest BCUT2D eigenvalue weighted by Gasteiger charge is -2.62. The van der Waals surface area contributed by atoms with E-state index in [1.807, 2.05) is 28.0 Å². The summed E-state index contributed by atoms with van der Waals surface area (Å²) in [6.07, 6.45) is 4.44. The summed E-state index contributed by atoms with van der Waals surface area (Å²) in [6.45, 7) is 2.91. The summed E-state index contributed by atoms with van der Waals surface area (Å²) in [7, 11) is 0. The van der Waals surface area contributed by atoms with Gasteiger partial charge in [-0.05, 0) is 37.3 Å². The minimum absolute atomic E-state index is 0.00777. The normalized spacial score (nSPS) is 39.8. The van der Waals surface area contributed by atoms with Crippen LogP contribution in [0.3, 0.4) is 0 Å². The fourth-order valence-electron chi connectivity index (χ4n) is 6.20. The fraction of sp³-hybridized carbons (Fsp3) is 0.579. The fourth-order valence-corrected chi connectivity index (χ4v) is 6.63. The van der Waals surface area contributed by atoms with Crippen molar-refractivity contribution in [2.45, 2.75) is 56.0 Å². The van der Waals surface area contributed by atoms with Crippen LogP contribution in [0.4, 0.5) is 5.69 Å². The van der Waals surface area contributed by atoms with E-state index in [-0.39, 0.29) is 23.1 Å². The van der Waals surface area contributed by atoms with E-state index in [2.05, 4.69) is 13.0 Å². The van der Waals surface area contributed by atoms with Crippen LogP contribution in [0.15, 0.2) is 24.3 Å². The predicted molar refractivity (Wildman–Crippen MR) is 91.9 cm³/mol. The second kappa shape index (κ2) is 4.54. The van der Waals surface area contributed by atoms with Gasteiger partial charge < -0.3 is 4.90 Å². The van der Waals surface area contributed by atoms with Crippen LogP contribution in [0, 0.1) is 5.41 Å². The number of carbonyl (C=O) groups is 2. The van der Waals surface area contributed by atoms with Crippen molar-refractivity contribution in [3.8, 4) is 0 Å². The Morgan fingerprint density at radius 1 is 1.25 bits per heavy atom. The first-order chi connectivity index (χ1) is 11.6. The molecule has 4 atom stereocenters. The predicted octanol–water partition coefficient (Wildman–Crippen LogP) is 3.25. The number of halogens is 1. The van der Waals surface area contributed by atoms with E-state index in [0.717, 1.165) is 36.9 Å². The van der Waals surface area contributed by atoms with Crippen LogP contribution in [0.1, 0.15) is 50.5 Å². The molecule has 126 valence electrons. The maximum atomic E-state index is 13.0. The molecule has 1 aromatic carbocycles. The standard InChI is InChI=1S/C19H21ClN2O2/c1-2-18-9-5-11-21-17(24)16(20)15-12-6-3-4-7-13(12)22(19(15,18)21)14(23)8-10-18/h3-4,6-7,15-16H,2,5,8-11H2,1H3/t15-,16-,18-,19?/m1/s1. The van der Waals surface area contributed by atoms with Gasteiger partial charge in [0.15, 0.2) is 0 Å². The molecule has 0 bridgehead atoms. The molecule has 2 amide bonds. The summed E-state index contributed by atoms with van der Waals surface area (Å²) >= 11 is 6.71. The van der Waals surface area contributed by atoms with E-state index >= 15 is 0 Å². The first kappa shape index (κ1) is 14.8. The number of amides is 2. The minimum Gasteiger partial charge on any atom is -0.317 e.